The van der Waals surface area contributed by atoms with Crippen molar-refractivity contribution in [2.24, 2.45) is 0 Å². The summed E-state index contributed by atoms with van der Waals surface area (Å²) in [7, 11) is 0. The normalized spacial score (nSPS) is 10.7. The predicted octanol–water partition coefficient (Wildman–Crippen LogP) is 5.27. The van der Waals surface area contributed by atoms with Gasteiger partial charge in [0, 0.05) is 22.6 Å². The van der Waals surface area contributed by atoms with Crippen molar-refractivity contribution in [3.8, 4) is 0 Å². The molecule has 0 saturated carbocycles. The van der Waals surface area contributed by atoms with Crippen LogP contribution in [0.25, 0.3) is 12.2 Å². The molecular formula is C20H15BrN2O. The van der Waals surface area contributed by atoms with Crippen LogP contribution < -0.4 is 5.32 Å². The maximum atomic E-state index is 12.4. The molecule has 0 bridgehead atoms. The standard InChI is InChI=1S/C20H15BrN2O/c21-19-7-2-1-6-18(19)20(24)23-17-5-3-4-16(14-17)9-8-15-10-12-22-13-11-15/h1-14H,(H,23,24). The van der Waals surface area contributed by atoms with Crippen LogP contribution in [0.4, 0.5) is 5.69 Å². The predicted molar refractivity (Wildman–Crippen MR) is 102 cm³/mol. The van der Waals surface area contributed by atoms with Gasteiger partial charge in [-0.1, -0.05) is 36.4 Å². The maximum Gasteiger partial charge on any atom is 0.256 e. The molecule has 1 amide bonds. The molecule has 0 unspecified atom stereocenters. The number of rotatable bonds is 4. The van der Waals surface area contributed by atoms with Gasteiger partial charge in [-0.25, -0.2) is 0 Å². The Morgan fingerprint density at radius 2 is 1.67 bits per heavy atom. The van der Waals surface area contributed by atoms with Crippen molar-refractivity contribution in [1.82, 2.24) is 4.98 Å². The van der Waals surface area contributed by atoms with Crippen LogP contribution in [-0.2, 0) is 0 Å². The van der Waals surface area contributed by atoms with E-state index in [4.69, 9.17) is 0 Å². The summed E-state index contributed by atoms with van der Waals surface area (Å²) >= 11 is 3.40. The lowest BCUT2D eigenvalue weighted by atomic mass is 10.1. The van der Waals surface area contributed by atoms with E-state index in [1.165, 1.54) is 0 Å². The Hall–Kier alpha value is -2.72. The zero-order chi connectivity index (χ0) is 16.8. The van der Waals surface area contributed by atoms with Crippen molar-refractivity contribution in [1.29, 1.82) is 0 Å². The lowest BCUT2D eigenvalue weighted by Gasteiger charge is -2.07. The molecule has 0 fully saturated rings. The van der Waals surface area contributed by atoms with Crippen LogP contribution in [0.15, 0.2) is 77.5 Å². The number of nitrogens with one attached hydrogen (secondary N) is 1. The highest BCUT2D eigenvalue weighted by Gasteiger charge is 2.09. The third-order valence-corrected chi connectivity index (χ3v) is 4.13. The smallest absolute Gasteiger partial charge is 0.256 e. The topological polar surface area (TPSA) is 42.0 Å². The molecule has 118 valence electrons. The van der Waals surface area contributed by atoms with E-state index < -0.39 is 0 Å². The summed E-state index contributed by atoms with van der Waals surface area (Å²) in [6.07, 6.45) is 7.53. The van der Waals surface area contributed by atoms with E-state index in [9.17, 15) is 4.79 Å². The van der Waals surface area contributed by atoms with Gasteiger partial charge in [0.05, 0.1) is 5.56 Å². The molecule has 1 aromatic heterocycles. The fraction of sp³-hybridized carbons (Fsp3) is 0. The second-order valence-corrected chi connectivity index (χ2v) is 6.03. The highest BCUT2D eigenvalue weighted by Crippen LogP contribution is 2.19. The summed E-state index contributed by atoms with van der Waals surface area (Å²) in [5.41, 5.74) is 3.45. The minimum absolute atomic E-state index is 0.141. The number of hydrogen-bond acceptors (Lipinski definition) is 2. The SMILES string of the molecule is O=C(Nc1cccc(C=Cc2ccncc2)c1)c1ccccc1Br. The second-order valence-electron chi connectivity index (χ2n) is 5.17. The Bertz CT molecular complexity index is 876. The van der Waals surface area contributed by atoms with Crippen LogP contribution in [0.1, 0.15) is 21.5 Å². The van der Waals surface area contributed by atoms with E-state index in [1.807, 2.05) is 66.7 Å². The molecular weight excluding hydrogens is 364 g/mol. The molecule has 0 atom stereocenters. The van der Waals surface area contributed by atoms with E-state index in [2.05, 4.69) is 26.2 Å². The number of carbonyl (C=O) groups is 1. The van der Waals surface area contributed by atoms with Gasteiger partial charge in [-0.15, -0.1) is 0 Å². The van der Waals surface area contributed by atoms with Crippen LogP contribution in [0.2, 0.25) is 0 Å². The molecule has 0 aliphatic heterocycles. The van der Waals surface area contributed by atoms with Crippen LogP contribution in [0, 0.1) is 0 Å². The lowest BCUT2D eigenvalue weighted by molar-refractivity contribution is 0.102. The first-order chi connectivity index (χ1) is 11.7. The average Bonchev–Trinajstić information content (AvgIpc) is 2.61. The van der Waals surface area contributed by atoms with E-state index in [0.717, 1.165) is 21.3 Å². The van der Waals surface area contributed by atoms with Gasteiger partial charge in [0.25, 0.3) is 5.91 Å². The molecule has 3 nitrogen and oxygen atoms in total. The summed E-state index contributed by atoms with van der Waals surface area (Å²) in [5.74, 6) is -0.141. The van der Waals surface area contributed by atoms with Gasteiger partial charge < -0.3 is 5.32 Å². The van der Waals surface area contributed by atoms with Crippen molar-refractivity contribution in [3.05, 3.63) is 94.2 Å². The zero-order valence-corrected chi connectivity index (χ0v) is 14.4. The van der Waals surface area contributed by atoms with Gasteiger partial charge in [0.2, 0.25) is 0 Å². The first kappa shape index (κ1) is 16.1. The van der Waals surface area contributed by atoms with E-state index in [0.29, 0.717) is 5.56 Å². The minimum atomic E-state index is -0.141. The first-order valence-electron chi connectivity index (χ1n) is 7.46. The summed E-state index contributed by atoms with van der Waals surface area (Å²) in [4.78, 5) is 16.4. The van der Waals surface area contributed by atoms with E-state index in [-0.39, 0.29) is 5.91 Å². The Balaban J connectivity index is 1.75. The molecule has 0 aliphatic rings. The van der Waals surface area contributed by atoms with Gasteiger partial charge in [0.15, 0.2) is 0 Å². The fourth-order valence-electron chi connectivity index (χ4n) is 2.23. The second kappa shape index (κ2) is 7.70. The van der Waals surface area contributed by atoms with Gasteiger partial charge >= 0.3 is 0 Å². The number of anilines is 1. The number of amides is 1. The Morgan fingerprint density at radius 3 is 2.46 bits per heavy atom. The largest absolute Gasteiger partial charge is 0.322 e. The Morgan fingerprint density at radius 1 is 0.917 bits per heavy atom. The number of nitrogens with zero attached hydrogens (tertiary/aromatic N) is 1. The van der Waals surface area contributed by atoms with Crippen molar-refractivity contribution in [2.75, 3.05) is 5.32 Å². The Labute approximate surface area is 149 Å². The molecule has 2 aromatic carbocycles. The molecule has 3 rings (SSSR count). The third-order valence-electron chi connectivity index (χ3n) is 3.44. The molecule has 24 heavy (non-hydrogen) atoms. The number of hydrogen-bond donors (Lipinski definition) is 1. The van der Waals surface area contributed by atoms with E-state index >= 15 is 0 Å². The molecule has 1 N–H and O–H groups in total. The van der Waals surface area contributed by atoms with Gasteiger partial charge in [-0.05, 0) is 63.5 Å². The quantitative estimate of drug-likeness (QED) is 0.671. The molecule has 3 aromatic rings. The van der Waals surface area contributed by atoms with Crippen molar-refractivity contribution >= 4 is 39.7 Å². The zero-order valence-electron chi connectivity index (χ0n) is 12.8. The number of halogens is 1. The summed E-state index contributed by atoms with van der Waals surface area (Å²) < 4.78 is 0.774. The van der Waals surface area contributed by atoms with Crippen LogP contribution in [0.3, 0.4) is 0 Å². The monoisotopic (exact) mass is 378 g/mol. The molecule has 1 heterocycles. The van der Waals surface area contributed by atoms with Gasteiger partial charge in [-0.2, -0.15) is 0 Å². The first-order valence-corrected chi connectivity index (χ1v) is 8.26. The molecule has 0 saturated heterocycles. The number of pyridine rings is 1. The fourth-order valence-corrected chi connectivity index (χ4v) is 2.70. The number of aromatic nitrogens is 1. The maximum absolute atomic E-state index is 12.4. The van der Waals surface area contributed by atoms with Crippen molar-refractivity contribution in [2.45, 2.75) is 0 Å². The number of benzene rings is 2. The summed E-state index contributed by atoms with van der Waals surface area (Å²) in [5, 5.41) is 2.92. The van der Waals surface area contributed by atoms with Crippen LogP contribution in [0.5, 0.6) is 0 Å². The van der Waals surface area contributed by atoms with E-state index in [1.54, 1.807) is 18.5 Å². The third kappa shape index (κ3) is 4.18. The Kier molecular flexibility index (Phi) is 5.18. The molecule has 0 spiro atoms. The van der Waals surface area contributed by atoms with Crippen LogP contribution in [-0.4, -0.2) is 10.9 Å². The summed E-state index contributed by atoms with van der Waals surface area (Å²) in [6.45, 7) is 0. The van der Waals surface area contributed by atoms with Crippen molar-refractivity contribution < 1.29 is 4.79 Å². The average molecular weight is 379 g/mol. The number of carbonyl (C=O) groups excluding carboxylic acids is 1. The molecule has 4 heteroatoms. The van der Waals surface area contributed by atoms with Gasteiger partial charge in [-0.3, -0.25) is 9.78 Å². The molecule has 0 radical (unpaired) electrons. The van der Waals surface area contributed by atoms with Gasteiger partial charge in [0.1, 0.15) is 0 Å². The van der Waals surface area contributed by atoms with Crippen molar-refractivity contribution in [3.63, 3.8) is 0 Å². The molecule has 0 aliphatic carbocycles. The van der Waals surface area contributed by atoms with Crippen LogP contribution >= 0.6 is 15.9 Å². The highest BCUT2D eigenvalue weighted by atomic mass is 79.9. The summed E-state index contributed by atoms with van der Waals surface area (Å²) in [6, 6.07) is 19.0. The highest BCUT2D eigenvalue weighted by molar-refractivity contribution is 9.10. The minimum Gasteiger partial charge on any atom is -0.322 e. The lowest BCUT2D eigenvalue weighted by Crippen LogP contribution is -2.12.